The van der Waals surface area contributed by atoms with Gasteiger partial charge in [0.1, 0.15) is 17.3 Å². The van der Waals surface area contributed by atoms with Gasteiger partial charge in [-0.3, -0.25) is 9.78 Å². The van der Waals surface area contributed by atoms with Crippen molar-refractivity contribution >= 4 is 17.4 Å². The van der Waals surface area contributed by atoms with E-state index in [0.29, 0.717) is 5.69 Å². The van der Waals surface area contributed by atoms with Gasteiger partial charge in [-0.25, -0.2) is 8.78 Å². The van der Waals surface area contributed by atoms with Crippen LogP contribution < -0.4 is 10.6 Å². The zero-order valence-corrected chi connectivity index (χ0v) is 12.9. The minimum atomic E-state index is -0.751. The van der Waals surface area contributed by atoms with Crippen LogP contribution in [-0.4, -0.2) is 21.1 Å². The Balaban J connectivity index is 1.64. The van der Waals surface area contributed by atoms with Crippen LogP contribution in [0.1, 0.15) is 16.2 Å². The van der Waals surface area contributed by atoms with Crippen molar-refractivity contribution in [3.8, 4) is 0 Å². The number of nitrogens with zero attached hydrogens (tertiary/aromatic N) is 3. The maximum Gasteiger partial charge on any atom is 0.272 e. The minimum absolute atomic E-state index is 0.0792. The first-order valence-electron chi connectivity index (χ1n) is 7.36. The molecule has 1 amide bonds. The summed E-state index contributed by atoms with van der Waals surface area (Å²) in [6, 6.07) is 11.7. The van der Waals surface area contributed by atoms with Crippen molar-refractivity contribution in [3.63, 3.8) is 0 Å². The third kappa shape index (κ3) is 4.11. The van der Waals surface area contributed by atoms with Gasteiger partial charge in [-0.1, -0.05) is 12.1 Å². The Bertz CT molecular complexity index is 852. The van der Waals surface area contributed by atoms with Gasteiger partial charge in [-0.15, -0.1) is 10.2 Å². The first-order chi connectivity index (χ1) is 12.1. The normalized spacial score (nSPS) is 10.3. The molecule has 3 aromatic rings. The molecular formula is C17H13F2N5O. The number of hydrogen-bond donors (Lipinski definition) is 2. The summed E-state index contributed by atoms with van der Waals surface area (Å²) in [6.07, 6.45) is 1.63. The largest absolute Gasteiger partial charge is 0.345 e. The van der Waals surface area contributed by atoms with Crippen LogP contribution in [0.5, 0.6) is 0 Å². The van der Waals surface area contributed by atoms with Crippen LogP contribution in [-0.2, 0) is 6.54 Å². The second kappa shape index (κ2) is 7.43. The van der Waals surface area contributed by atoms with Crippen molar-refractivity contribution in [3.05, 3.63) is 77.8 Å². The highest BCUT2D eigenvalue weighted by Crippen LogP contribution is 2.21. The number of amides is 1. The SMILES string of the molecule is O=C(NCc1ccccn1)c1ccc(Nc2c(F)cccc2F)nn1. The molecule has 0 aliphatic rings. The molecule has 0 saturated heterocycles. The molecule has 2 N–H and O–H groups in total. The zero-order valence-electron chi connectivity index (χ0n) is 12.9. The van der Waals surface area contributed by atoms with Crippen molar-refractivity contribution in [1.82, 2.24) is 20.5 Å². The lowest BCUT2D eigenvalue weighted by molar-refractivity contribution is 0.0944. The molecule has 0 aliphatic heterocycles. The lowest BCUT2D eigenvalue weighted by Gasteiger charge is -2.08. The van der Waals surface area contributed by atoms with Gasteiger partial charge in [0.15, 0.2) is 11.5 Å². The molecule has 2 aromatic heterocycles. The molecule has 0 spiro atoms. The first kappa shape index (κ1) is 16.4. The molecule has 0 saturated carbocycles. The van der Waals surface area contributed by atoms with E-state index in [1.54, 1.807) is 18.3 Å². The molecule has 0 bridgehead atoms. The molecule has 1 aromatic carbocycles. The topological polar surface area (TPSA) is 79.8 Å². The quantitative estimate of drug-likeness (QED) is 0.746. The highest BCUT2D eigenvalue weighted by Gasteiger charge is 2.11. The van der Waals surface area contributed by atoms with Crippen molar-refractivity contribution in [2.45, 2.75) is 6.54 Å². The number of carbonyl (C=O) groups excluding carboxylic acids is 1. The van der Waals surface area contributed by atoms with E-state index < -0.39 is 17.5 Å². The molecule has 8 heteroatoms. The van der Waals surface area contributed by atoms with Gasteiger partial charge in [-0.05, 0) is 36.4 Å². The summed E-state index contributed by atoms with van der Waals surface area (Å²) in [7, 11) is 0. The summed E-state index contributed by atoms with van der Waals surface area (Å²) in [5.74, 6) is -1.81. The van der Waals surface area contributed by atoms with E-state index in [9.17, 15) is 13.6 Å². The third-order valence-corrected chi connectivity index (χ3v) is 3.27. The molecule has 0 fully saturated rings. The van der Waals surface area contributed by atoms with E-state index in [1.807, 2.05) is 6.07 Å². The Morgan fingerprint density at radius 1 is 0.960 bits per heavy atom. The summed E-state index contributed by atoms with van der Waals surface area (Å²) in [5, 5.41) is 12.7. The smallest absolute Gasteiger partial charge is 0.272 e. The van der Waals surface area contributed by atoms with E-state index in [4.69, 9.17) is 0 Å². The van der Waals surface area contributed by atoms with Crippen molar-refractivity contribution in [2.24, 2.45) is 0 Å². The van der Waals surface area contributed by atoms with Gasteiger partial charge in [-0.2, -0.15) is 0 Å². The average molecular weight is 341 g/mol. The van der Waals surface area contributed by atoms with E-state index in [2.05, 4.69) is 25.8 Å². The van der Waals surface area contributed by atoms with Crippen LogP contribution >= 0.6 is 0 Å². The molecule has 2 heterocycles. The van der Waals surface area contributed by atoms with Crippen LogP contribution in [0.2, 0.25) is 0 Å². The number of anilines is 2. The number of aromatic nitrogens is 3. The first-order valence-corrected chi connectivity index (χ1v) is 7.36. The maximum atomic E-state index is 13.6. The van der Waals surface area contributed by atoms with Crippen molar-refractivity contribution in [1.29, 1.82) is 0 Å². The summed E-state index contributed by atoms with van der Waals surface area (Å²) in [6.45, 7) is 0.252. The fourth-order valence-corrected chi connectivity index (χ4v) is 2.03. The summed E-state index contributed by atoms with van der Waals surface area (Å²) in [4.78, 5) is 16.1. The van der Waals surface area contributed by atoms with E-state index >= 15 is 0 Å². The Hall–Kier alpha value is -3.42. The molecule has 25 heavy (non-hydrogen) atoms. The van der Waals surface area contributed by atoms with Crippen LogP contribution in [0, 0.1) is 11.6 Å². The second-order valence-corrected chi connectivity index (χ2v) is 5.03. The van der Waals surface area contributed by atoms with Gasteiger partial charge in [0, 0.05) is 6.20 Å². The van der Waals surface area contributed by atoms with Gasteiger partial charge in [0.25, 0.3) is 5.91 Å². The number of hydrogen-bond acceptors (Lipinski definition) is 5. The van der Waals surface area contributed by atoms with Gasteiger partial charge in [0.05, 0.1) is 12.2 Å². The Kier molecular flexibility index (Phi) is 4.89. The fourth-order valence-electron chi connectivity index (χ4n) is 2.03. The molecule has 0 radical (unpaired) electrons. The number of para-hydroxylation sites is 1. The number of benzene rings is 1. The number of nitrogens with one attached hydrogen (secondary N) is 2. The standard InChI is InChI=1S/C17H13F2N5O/c18-12-5-3-6-13(19)16(12)22-15-8-7-14(23-24-15)17(25)21-10-11-4-1-2-9-20-11/h1-9H,10H2,(H,21,25)(H,22,24). The maximum absolute atomic E-state index is 13.6. The highest BCUT2D eigenvalue weighted by molar-refractivity contribution is 5.92. The molecule has 6 nitrogen and oxygen atoms in total. The lowest BCUT2D eigenvalue weighted by Crippen LogP contribution is -2.24. The molecule has 0 aliphatic carbocycles. The third-order valence-electron chi connectivity index (χ3n) is 3.27. The molecular weight excluding hydrogens is 328 g/mol. The van der Waals surface area contributed by atoms with Crippen LogP contribution in [0.15, 0.2) is 54.7 Å². The Morgan fingerprint density at radius 2 is 1.76 bits per heavy atom. The fraction of sp³-hybridized carbons (Fsp3) is 0.0588. The summed E-state index contributed by atoms with van der Waals surface area (Å²) in [5.41, 5.74) is 0.455. The number of rotatable bonds is 5. The predicted molar refractivity (Wildman–Crippen MR) is 87.1 cm³/mol. The average Bonchev–Trinajstić information content (AvgIpc) is 2.64. The number of pyridine rings is 1. The van der Waals surface area contributed by atoms with E-state index in [0.717, 1.165) is 12.1 Å². The van der Waals surface area contributed by atoms with Gasteiger partial charge < -0.3 is 10.6 Å². The van der Waals surface area contributed by atoms with Crippen molar-refractivity contribution in [2.75, 3.05) is 5.32 Å². The highest BCUT2D eigenvalue weighted by atomic mass is 19.1. The number of halogens is 2. The number of carbonyl (C=O) groups is 1. The van der Waals surface area contributed by atoms with Crippen LogP contribution in [0.4, 0.5) is 20.3 Å². The second-order valence-electron chi connectivity index (χ2n) is 5.03. The predicted octanol–water partition coefficient (Wildman–Crippen LogP) is 2.82. The monoisotopic (exact) mass is 341 g/mol. The van der Waals surface area contributed by atoms with E-state index in [1.165, 1.54) is 18.2 Å². The van der Waals surface area contributed by atoms with Crippen LogP contribution in [0.25, 0.3) is 0 Å². The lowest BCUT2D eigenvalue weighted by atomic mass is 10.3. The molecule has 126 valence electrons. The van der Waals surface area contributed by atoms with E-state index in [-0.39, 0.29) is 23.7 Å². The van der Waals surface area contributed by atoms with Gasteiger partial charge >= 0.3 is 0 Å². The Morgan fingerprint density at radius 3 is 2.40 bits per heavy atom. The molecule has 0 unspecified atom stereocenters. The minimum Gasteiger partial charge on any atom is -0.345 e. The van der Waals surface area contributed by atoms with Crippen molar-refractivity contribution < 1.29 is 13.6 Å². The summed E-state index contributed by atoms with van der Waals surface area (Å²) < 4.78 is 27.2. The summed E-state index contributed by atoms with van der Waals surface area (Å²) >= 11 is 0. The zero-order chi connectivity index (χ0) is 17.6. The van der Waals surface area contributed by atoms with Crippen LogP contribution in [0.3, 0.4) is 0 Å². The Labute approximate surface area is 141 Å². The molecule has 0 atom stereocenters. The molecule has 3 rings (SSSR count). The van der Waals surface area contributed by atoms with Gasteiger partial charge in [0.2, 0.25) is 0 Å².